The largest absolute Gasteiger partial charge is 0.494 e. The summed E-state index contributed by atoms with van der Waals surface area (Å²) in [4.78, 5) is 12.5. The van der Waals surface area contributed by atoms with Gasteiger partial charge in [0.2, 0.25) is 0 Å². The first-order valence-electron chi connectivity index (χ1n) is 9.29. The van der Waals surface area contributed by atoms with Gasteiger partial charge < -0.3 is 14.8 Å². The van der Waals surface area contributed by atoms with E-state index in [4.69, 9.17) is 9.47 Å². The number of anilines is 1. The van der Waals surface area contributed by atoms with E-state index < -0.39 is 0 Å². The maximum atomic E-state index is 12.5. The molecular weight excluding hydrogens is 326 g/mol. The molecule has 4 nitrogen and oxygen atoms in total. The normalized spacial score (nSPS) is 11.9. The molecule has 1 unspecified atom stereocenters. The van der Waals surface area contributed by atoms with Gasteiger partial charge in [-0.05, 0) is 56.0 Å². The summed E-state index contributed by atoms with van der Waals surface area (Å²) < 4.78 is 11.5. The minimum Gasteiger partial charge on any atom is -0.494 e. The van der Waals surface area contributed by atoms with Crippen LogP contribution in [0.2, 0.25) is 0 Å². The average Bonchev–Trinajstić information content (AvgIpc) is 2.62. The second kappa shape index (κ2) is 9.85. The van der Waals surface area contributed by atoms with Crippen LogP contribution in [0.25, 0.3) is 0 Å². The molecule has 1 atom stereocenters. The summed E-state index contributed by atoms with van der Waals surface area (Å²) in [6.07, 6.45) is 2.06. The molecule has 0 aliphatic rings. The molecule has 2 aromatic rings. The van der Waals surface area contributed by atoms with Crippen molar-refractivity contribution in [3.05, 3.63) is 54.1 Å². The van der Waals surface area contributed by atoms with Gasteiger partial charge in [-0.25, -0.2) is 0 Å². The van der Waals surface area contributed by atoms with E-state index in [-0.39, 0.29) is 12.0 Å². The van der Waals surface area contributed by atoms with E-state index in [2.05, 4.69) is 26.1 Å². The third kappa shape index (κ3) is 6.43. The average molecular weight is 355 g/mol. The number of ether oxygens (including phenoxy) is 2. The molecule has 140 valence electrons. The number of hydrogen-bond acceptors (Lipinski definition) is 3. The Labute approximate surface area is 156 Å². The predicted octanol–water partition coefficient (Wildman–Crippen LogP) is 5.54. The Morgan fingerprint density at radius 3 is 2.50 bits per heavy atom. The lowest BCUT2D eigenvalue weighted by molar-refractivity contribution is 0.102. The minimum absolute atomic E-state index is 0.139. The number of carbonyl (C=O) groups excluding carboxylic acids is 1. The zero-order chi connectivity index (χ0) is 18.9. The summed E-state index contributed by atoms with van der Waals surface area (Å²) in [5.74, 6) is 1.89. The first-order chi connectivity index (χ1) is 12.5. The number of rotatable bonds is 9. The SMILES string of the molecule is CCC(C)Oc1cccc(NC(=O)c2cccc(OCCC(C)C)c2)c1. The highest BCUT2D eigenvalue weighted by Gasteiger charge is 2.09. The highest BCUT2D eigenvalue weighted by atomic mass is 16.5. The zero-order valence-corrected chi connectivity index (χ0v) is 16.1. The van der Waals surface area contributed by atoms with Crippen LogP contribution in [0.1, 0.15) is 50.9 Å². The molecule has 1 N–H and O–H groups in total. The maximum absolute atomic E-state index is 12.5. The van der Waals surface area contributed by atoms with E-state index >= 15 is 0 Å². The highest BCUT2D eigenvalue weighted by molar-refractivity contribution is 6.04. The van der Waals surface area contributed by atoms with Gasteiger partial charge in [-0.2, -0.15) is 0 Å². The van der Waals surface area contributed by atoms with Crippen molar-refractivity contribution in [1.29, 1.82) is 0 Å². The monoisotopic (exact) mass is 355 g/mol. The van der Waals surface area contributed by atoms with Crippen molar-refractivity contribution in [3.63, 3.8) is 0 Å². The van der Waals surface area contributed by atoms with Crippen LogP contribution in [-0.2, 0) is 0 Å². The highest BCUT2D eigenvalue weighted by Crippen LogP contribution is 2.21. The van der Waals surface area contributed by atoms with Crippen molar-refractivity contribution >= 4 is 11.6 Å². The van der Waals surface area contributed by atoms with Crippen molar-refractivity contribution in [2.45, 2.75) is 46.6 Å². The van der Waals surface area contributed by atoms with Gasteiger partial charge in [-0.1, -0.05) is 32.9 Å². The molecule has 0 aliphatic carbocycles. The Bertz CT molecular complexity index is 712. The molecule has 0 spiro atoms. The number of amides is 1. The minimum atomic E-state index is -0.167. The molecular formula is C22H29NO3. The van der Waals surface area contributed by atoms with Gasteiger partial charge in [0.15, 0.2) is 0 Å². The van der Waals surface area contributed by atoms with Crippen LogP contribution in [0, 0.1) is 5.92 Å². The summed E-state index contributed by atoms with van der Waals surface area (Å²) in [5.41, 5.74) is 1.28. The molecule has 26 heavy (non-hydrogen) atoms. The van der Waals surface area contributed by atoms with Gasteiger partial charge in [0.05, 0.1) is 12.7 Å². The zero-order valence-electron chi connectivity index (χ0n) is 16.1. The van der Waals surface area contributed by atoms with Crippen LogP contribution in [0.5, 0.6) is 11.5 Å². The molecule has 0 fully saturated rings. The molecule has 0 aliphatic heterocycles. The van der Waals surface area contributed by atoms with Crippen LogP contribution in [0.4, 0.5) is 5.69 Å². The Kier molecular flexibility index (Phi) is 7.52. The van der Waals surface area contributed by atoms with Gasteiger partial charge in [-0.3, -0.25) is 4.79 Å². The number of nitrogens with one attached hydrogen (secondary N) is 1. The molecule has 0 heterocycles. The number of hydrogen-bond donors (Lipinski definition) is 1. The Morgan fingerprint density at radius 2 is 1.77 bits per heavy atom. The third-order valence-corrected chi connectivity index (χ3v) is 4.06. The van der Waals surface area contributed by atoms with E-state index in [0.717, 1.165) is 18.6 Å². The summed E-state index contributed by atoms with van der Waals surface area (Å²) in [7, 11) is 0. The molecule has 4 heteroatoms. The molecule has 0 radical (unpaired) electrons. The van der Waals surface area contributed by atoms with Crippen LogP contribution in [-0.4, -0.2) is 18.6 Å². The van der Waals surface area contributed by atoms with Gasteiger partial charge in [-0.15, -0.1) is 0 Å². The molecule has 0 aromatic heterocycles. The van der Waals surface area contributed by atoms with E-state index in [1.165, 1.54) is 0 Å². The van der Waals surface area contributed by atoms with Crippen LogP contribution < -0.4 is 14.8 Å². The summed E-state index contributed by atoms with van der Waals surface area (Å²) in [6, 6.07) is 14.7. The van der Waals surface area contributed by atoms with Crippen LogP contribution in [0.15, 0.2) is 48.5 Å². The second-order valence-corrected chi connectivity index (χ2v) is 6.88. The quantitative estimate of drug-likeness (QED) is 0.642. The van der Waals surface area contributed by atoms with Gasteiger partial charge in [0, 0.05) is 17.3 Å². The van der Waals surface area contributed by atoms with Gasteiger partial charge in [0.25, 0.3) is 5.91 Å². The molecule has 0 bridgehead atoms. The van der Waals surface area contributed by atoms with Crippen LogP contribution >= 0.6 is 0 Å². The molecule has 2 aromatic carbocycles. The molecule has 2 rings (SSSR count). The predicted molar refractivity (Wildman–Crippen MR) is 106 cm³/mol. The first-order valence-corrected chi connectivity index (χ1v) is 9.29. The standard InChI is InChI=1S/C22H29NO3/c1-5-17(4)26-21-11-7-9-19(15-21)23-22(24)18-8-6-10-20(14-18)25-13-12-16(2)3/h6-11,14-17H,5,12-13H2,1-4H3,(H,23,24). The fourth-order valence-electron chi connectivity index (χ4n) is 2.31. The van der Waals surface area contributed by atoms with E-state index in [1.807, 2.05) is 43.3 Å². The smallest absolute Gasteiger partial charge is 0.255 e. The van der Waals surface area contributed by atoms with Crippen LogP contribution in [0.3, 0.4) is 0 Å². The summed E-state index contributed by atoms with van der Waals surface area (Å²) in [6.45, 7) is 9.07. The van der Waals surface area contributed by atoms with Crippen molar-refractivity contribution in [3.8, 4) is 11.5 Å². The fraction of sp³-hybridized carbons (Fsp3) is 0.409. The Balaban J connectivity index is 2.00. The van der Waals surface area contributed by atoms with Gasteiger partial charge >= 0.3 is 0 Å². The second-order valence-electron chi connectivity index (χ2n) is 6.88. The molecule has 0 saturated carbocycles. The summed E-state index contributed by atoms with van der Waals surface area (Å²) >= 11 is 0. The maximum Gasteiger partial charge on any atom is 0.255 e. The Morgan fingerprint density at radius 1 is 1.04 bits per heavy atom. The summed E-state index contributed by atoms with van der Waals surface area (Å²) in [5, 5.41) is 2.92. The number of carbonyl (C=O) groups is 1. The molecule has 1 amide bonds. The topological polar surface area (TPSA) is 47.6 Å². The van der Waals surface area contributed by atoms with E-state index in [0.29, 0.717) is 29.5 Å². The van der Waals surface area contributed by atoms with Crippen molar-refractivity contribution in [2.75, 3.05) is 11.9 Å². The lowest BCUT2D eigenvalue weighted by Gasteiger charge is -2.14. The lowest BCUT2D eigenvalue weighted by Crippen LogP contribution is -2.13. The lowest BCUT2D eigenvalue weighted by atomic mass is 10.1. The van der Waals surface area contributed by atoms with Crippen molar-refractivity contribution < 1.29 is 14.3 Å². The fourth-order valence-corrected chi connectivity index (χ4v) is 2.31. The van der Waals surface area contributed by atoms with Crippen molar-refractivity contribution in [2.24, 2.45) is 5.92 Å². The van der Waals surface area contributed by atoms with Crippen molar-refractivity contribution in [1.82, 2.24) is 0 Å². The third-order valence-electron chi connectivity index (χ3n) is 4.06. The first kappa shape index (κ1) is 19.8. The Hall–Kier alpha value is -2.49. The van der Waals surface area contributed by atoms with E-state index in [1.54, 1.807) is 12.1 Å². The van der Waals surface area contributed by atoms with Gasteiger partial charge in [0.1, 0.15) is 11.5 Å². The number of benzene rings is 2. The molecule has 0 saturated heterocycles. The van der Waals surface area contributed by atoms with E-state index in [9.17, 15) is 4.79 Å².